The van der Waals surface area contributed by atoms with Crippen LogP contribution in [-0.2, 0) is 0 Å². The second kappa shape index (κ2) is 9.46. The topological polar surface area (TPSA) is 48.8 Å². The lowest BCUT2D eigenvalue weighted by Crippen LogP contribution is -2.13. The number of rotatable bonds is 2. The number of aromatic nitrogens is 4. The van der Waals surface area contributed by atoms with Crippen LogP contribution in [0.15, 0.2) is 156 Å². The maximum absolute atomic E-state index is 6.73. The number of nitrogens with zero attached hydrogens (tertiary/aromatic N) is 4. The molecule has 50 heavy (non-hydrogen) atoms. The van der Waals surface area contributed by atoms with Crippen LogP contribution < -0.4 is 0 Å². The monoisotopic (exact) mass is 638 g/mol. The summed E-state index contributed by atoms with van der Waals surface area (Å²) in [5.41, 5.74) is 11.6. The van der Waals surface area contributed by atoms with Gasteiger partial charge in [-0.25, -0.2) is 9.97 Å². The molecule has 1 unspecified atom stereocenters. The van der Waals surface area contributed by atoms with Gasteiger partial charge < -0.3 is 8.98 Å². The van der Waals surface area contributed by atoms with Gasteiger partial charge in [-0.2, -0.15) is 0 Å². The van der Waals surface area contributed by atoms with E-state index in [0.717, 1.165) is 82.6 Å². The first-order valence-corrected chi connectivity index (χ1v) is 17.1. The van der Waals surface area contributed by atoms with E-state index >= 15 is 0 Å². The van der Waals surface area contributed by atoms with Crippen molar-refractivity contribution in [2.75, 3.05) is 0 Å². The normalized spacial score (nSPS) is 15.4. The smallest absolute Gasteiger partial charge is 0.235 e. The van der Waals surface area contributed by atoms with E-state index in [1.807, 2.05) is 6.07 Å². The third kappa shape index (κ3) is 3.31. The first-order valence-electron chi connectivity index (χ1n) is 17.1. The largest absolute Gasteiger partial charge is 0.455 e. The fraction of sp³-hybridized carbons (Fsp3) is 0.0222. The Morgan fingerprint density at radius 1 is 0.560 bits per heavy atom. The summed E-state index contributed by atoms with van der Waals surface area (Å²) in [6.07, 6.45) is 11.0. The van der Waals surface area contributed by atoms with E-state index in [1.54, 1.807) is 0 Å². The van der Waals surface area contributed by atoms with Crippen molar-refractivity contribution in [1.29, 1.82) is 0 Å². The van der Waals surface area contributed by atoms with Gasteiger partial charge in [0.2, 0.25) is 5.95 Å². The molecule has 1 atom stereocenters. The van der Waals surface area contributed by atoms with Crippen LogP contribution in [0.5, 0.6) is 0 Å². The highest BCUT2D eigenvalue weighted by Gasteiger charge is 2.29. The molecule has 5 heteroatoms. The quantitative estimate of drug-likeness (QED) is 0.189. The summed E-state index contributed by atoms with van der Waals surface area (Å²) in [7, 11) is 0. The van der Waals surface area contributed by atoms with Crippen molar-refractivity contribution >= 4 is 82.5 Å². The third-order valence-corrected chi connectivity index (χ3v) is 10.7. The molecule has 2 aliphatic carbocycles. The molecule has 2 aliphatic rings. The molecule has 4 aromatic heterocycles. The summed E-state index contributed by atoms with van der Waals surface area (Å²) < 4.78 is 11.4. The molecule has 0 saturated heterocycles. The molecule has 0 saturated carbocycles. The van der Waals surface area contributed by atoms with Crippen LogP contribution in [0.1, 0.15) is 17.2 Å². The predicted molar refractivity (Wildman–Crippen MR) is 204 cm³/mol. The fourth-order valence-electron chi connectivity index (χ4n) is 8.66. The number of allylic oxidation sites excluding steroid dienone is 5. The zero-order valence-corrected chi connectivity index (χ0v) is 26.7. The first kappa shape index (κ1) is 26.3. The third-order valence-electron chi connectivity index (χ3n) is 10.7. The molecule has 10 aromatic rings. The average Bonchev–Trinajstić information content (AvgIpc) is 3.83. The molecule has 12 rings (SSSR count). The van der Waals surface area contributed by atoms with Crippen LogP contribution in [0.25, 0.3) is 94.2 Å². The summed E-state index contributed by atoms with van der Waals surface area (Å²) in [6, 6.07) is 43.0. The molecule has 6 aromatic carbocycles. The minimum Gasteiger partial charge on any atom is -0.455 e. The molecule has 5 nitrogen and oxygen atoms in total. The molecule has 0 bridgehead atoms. The fourth-order valence-corrected chi connectivity index (χ4v) is 8.66. The molecule has 4 heterocycles. The van der Waals surface area contributed by atoms with Gasteiger partial charge in [-0.05, 0) is 53.6 Å². The van der Waals surface area contributed by atoms with Gasteiger partial charge in [0.1, 0.15) is 11.2 Å². The van der Waals surface area contributed by atoms with Crippen molar-refractivity contribution in [3.05, 3.63) is 162 Å². The van der Waals surface area contributed by atoms with Crippen LogP contribution in [0.3, 0.4) is 0 Å². The number of benzene rings is 6. The lowest BCUT2D eigenvalue weighted by molar-refractivity contribution is 0.673. The lowest BCUT2D eigenvalue weighted by Gasteiger charge is -2.24. The Kier molecular flexibility index (Phi) is 4.97. The lowest BCUT2D eigenvalue weighted by atomic mass is 9.83. The van der Waals surface area contributed by atoms with Crippen LogP contribution in [0.4, 0.5) is 0 Å². The highest BCUT2D eigenvalue weighted by molar-refractivity contribution is 6.29. The Morgan fingerprint density at radius 3 is 2.30 bits per heavy atom. The van der Waals surface area contributed by atoms with E-state index in [4.69, 9.17) is 14.4 Å². The number of para-hydroxylation sites is 3. The van der Waals surface area contributed by atoms with Gasteiger partial charge in [-0.15, -0.1) is 0 Å². The molecule has 0 N–H and O–H groups in total. The van der Waals surface area contributed by atoms with Crippen molar-refractivity contribution in [3.8, 4) is 11.6 Å². The van der Waals surface area contributed by atoms with Gasteiger partial charge in [-0.1, -0.05) is 109 Å². The van der Waals surface area contributed by atoms with Crippen LogP contribution in [-0.4, -0.2) is 19.1 Å². The van der Waals surface area contributed by atoms with E-state index < -0.39 is 0 Å². The summed E-state index contributed by atoms with van der Waals surface area (Å²) in [5.74, 6) is 0.715. The van der Waals surface area contributed by atoms with Crippen LogP contribution in [0.2, 0.25) is 0 Å². The van der Waals surface area contributed by atoms with Crippen LogP contribution >= 0.6 is 0 Å². The first-order chi connectivity index (χ1) is 24.8. The molecule has 232 valence electrons. The minimum atomic E-state index is 0.0603. The second-order valence-electron chi connectivity index (χ2n) is 13.3. The Labute approximate surface area is 285 Å². The number of hydrogen-bond acceptors (Lipinski definition) is 3. The summed E-state index contributed by atoms with van der Waals surface area (Å²) in [6.45, 7) is 0. The van der Waals surface area contributed by atoms with E-state index in [9.17, 15) is 0 Å². The van der Waals surface area contributed by atoms with Gasteiger partial charge in [0.15, 0.2) is 0 Å². The molecule has 0 amide bonds. The van der Waals surface area contributed by atoms with E-state index in [0.29, 0.717) is 5.95 Å². The van der Waals surface area contributed by atoms with Crippen molar-refractivity contribution in [2.24, 2.45) is 0 Å². The Morgan fingerprint density at radius 2 is 1.36 bits per heavy atom. The number of hydrogen-bond donors (Lipinski definition) is 0. The van der Waals surface area contributed by atoms with E-state index in [2.05, 4.69) is 155 Å². The average molecular weight is 639 g/mol. The molecule has 0 fully saturated rings. The standard InChI is InChI=1S/C45H26N4O/c1-2-13-28(14-3-1)48-36-19-8-6-16-30(36)32-21-22-34-40-37(24-23-33-31-17-7-9-20-38(31)50-44(33)40)49(43(34)42(32)48)45-46-35-18-10-12-27-25-26-11-4-5-15-29(26)41(47-45)39(27)35/h1-25,29H. The number of fused-ring (bicyclic) bond motifs is 13. The van der Waals surface area contributed by atoms with Crippen molar-refractivity contribution in [1.82, 2.24) is 19.1 Å². The Balaban J connectivity index is 1.32. The zero-order valence-electron chi connectivity index (χ0n) is 26.7. The highest BCUT2D eigenvalue weighted by atomic mass is 16.3. The Bertz CT molecular complexity index is 3210. The van der Waals surface area contributed by atoms with Crippen molar-refractivity contribution in [2.45, 2.75) is 5.92 Å². The predicted octanol–water partition coefficient (Wildman–Crippen LogP) is 11.3. The maximum atomic E-state index is 6.73. The molecule has 0 radical (unpaired) electrons. The van der Waals surface area contributed by atoms with Gasteiger partial charge in [0.05, 0.1) is 38.7 Å². The Hall–Kier alpha value is -6.72. The molecule has 0 aliphatic heterocycles. The van der Waals surface area contributed by atoms with Gasteiger partial charge in [-0.3, -0.25) is 4.57 Å². The van der Waals surface area contributed by atoms with Crippen molar-refractivity contribution < 1.29 is 4.42 Å². The summed E-state index contributed by atoms with van der Waals surface area (Å²) >= 11 is 0. The summed E-state index contributed by atoms with van der Waals surface area (Å²) in [5, 5.41) is 7.87. The number of furan rings is 1. The zero-order chi connectivity index (χ0) is 32.5. The molecule has 0 spiro atoms. The second-order valence-corrected chi connectivity index (χ2v) is 13.3. The van der Waals surface area contributed by atoms with Crippen molar-refractivity contribution in [3.63, 3.8) is 0 Å². The van der Waals surface area contributed by atoms with Gasteiger partial charge >= 0.3 is 0 Å². The maximum Gasteiger partial charge on any atom is 0.235 e. The van der Waals surface area contributed by atoms with Crippen LogP contribution in [0, 0.1) is 0 Å². The molecular weight excluding hydrogens is 613 g/mol. The van der Waals surface area contributed by atoms with E-state index in [1.165, 1.54) is 16.3 Å². The molecular formula is C45H26N4O. The highest BCUT2D eigenvalue weighted by Crippen LogP contribution is 2.46. The minimum absolute atomic E-state index is 0.0603. The van der Waals surface area contributed by atoms with E-state index in [-0.39, 0.29) is 5.92 Å². The van der Waals surface area contributed by atoms with Gasteiger partial charge in [0.25, 0.3) is 0 Å². The summed E-state index contributed by atoms with van der Waals surface area (Å²) in [4.78, 5) is 10.9. The van der Waals surface area contributed by atoms with Gasteiger partial charge in [0, 0.05) is 43.9 Å². The SMILES string of the molecule is C1=CC2=Cc3cccc4nc(-n5c6ccc7c8ccccc8oc7c6c6ccc7c8ccccc8n(-c8ccccc8)c7c65)nc(c34)C2C=C1.